The van der Waals surface area contributed by atoms with Gasteiger partial charge in [-0.2, -0.15) is 0 Å². The van der Waals surface area contributed by atoms with Crippen molar-refractivity contribution in [2.24, 2.45) is 29.6 Å². The highest BCUT2D eigenvalue weighted by Crippen LogP contribution is 2.30. The summed E-state index contributed by atoms with van der Waals surface area (Å²) in [4.78, 5) is 74.8. The second-order valence-corrected chi connectivity index (χ2v) is 18.9. The first-order valence-electron chi connectivity index (χ1n) is 23.3. The number of hydrogen-bond donors (Lipinski definition) is 3. The fraction of sp³-hybridized carbons (Fsp3) is 0.735. The van der Waals surface area contributed by atoms with Gasteiger partial charge in [-0.25, -0.2) is 4.79 Å². The van der Waals surface area contributed by atoms with Gasteiger partial charge in [0.25, 0.3) is 0 Å². The van der Waals surface area contributed by atoms with Crippen molar-refractivity contribution in [3.05, 3.63) is 48.0 Å². The third-order valence-electron chi connectivity index (χ3n) is 13.5. The van der Waals surface area contributed by atoms with E-state index in [9.17, 15) is 29.1 Å². The Hall–Kier alpha value is -4.01. The molecule has 1 heterocycles. The third kappa shape index (κ3) is 14.5. The Morgan fingerprint density at radius 3 is 2.11 bits per heavy atom. The molecule has 356 valence electrons. The number of nitrogens with one attached hydrogen (secondary N) is 2. The summed E-state index contributed by atoms with van der Waals surface area (Å²) < 4.78 is 17.9. The molecule has 0 aromatic heterocycles. The number of allylic oxidation sites excluding steroid dienone is 1. The third-order valence-corrected chi connectivity index (χ3v) is 13.5. The van der Waals surface area contributed by atoms with Crippen LogP contribution >= 0.6 is 0 Å². The van der Waals surface area contributed by atoms with Crippen molar-refractivity contribution in [1.82, 2.24) is 25.3 Å². The van der Waals surface area contributed by atoms with E-state index in [0.717, 1.165) is 25.7 Å². The van der Waals surface area contributed by atoms with E-state index in [0.29, 0.717) is 37.3 Å². The number of rotatable bonds is 21. The molecule has 1 saturated heterocycles. The summed E-state index contributed by atoms with van der Waals surface area (Å²) in [6.07, 6.45) is 6.54. The molecule has 63 heavy (non-hydrogen) atoms. The average molecular weight is 884 g/mol. The first kappa shape index (κ1) is 53.3. The van der Waals surface area contributed by atoms with Crippen molar-refractivity contribution in [2.45, 2.75) is 168 Å². The molecule has 14 heteroatoms. The fourth-order valence-corrected chi connectivity index (χ4v) is 9.32. The highest BCUT2D eigenvalue weighted by molar-refractivity contribution is 5.92. The standard InChI is InChI=1S/C49H81N5O9/c1-14-33(7)43(52(10)48(59)41(30(2)3)51-47(58)42(31(4)5)53(11)49(60)63-37-24-19-18-21-32(6)26-27-37)39(61-12)29-40(55)54-28-20-25-38(54)45(62-13)34(8)46(57)50-35(9)44(56)36-22-16-15-17-23-36/h15-17,19,22-24,30-35,37-39,41-45,56H,14,18,20-21,25-29H2,1-13H3,(H,50,57)(H,51,58)/b24-19+/t32-,33-,34+,35+,37-,38-,39+,41-,42-,43-,44+,45+/m0/s1. The molecule has 0 unspecified atom stereocenters. The number of aliphatic hydroxyl groups is 1. The Morgan fingerprint density at radius 2 is 1.52 bits per heavy atom. The SMILES string of the molecule is CC[C@H](C)[C@@H]([C@@H](CC(=O)N1CCC[C@H]1[C@H](OC)[C@@H](C)C(=O)N[C@H](C)[C@@H](O)c1ccccc1)OC)N(C)C(=O)[C@@H](NC(=O)[C@H](C(C)C)N(C)C(=O)O[C@H]1/C=C/CC[C@H](C)CC1)C(C)C. The first-order chi connectivity index (χ1) is 29.8. The Balaban J connectivity index is 1.76. The van der Waals surface area contributed by atoms with Gasteiger partial charge in [-0.1, -0.05) is 98.2 Å². The maximum absolute atomic E-state index is 14.6. The smallest absolute Gasteiger partial charge is 0.410 e. The molecule has 2 aliphatic rings. The van der Waals surface area contributed by atoms with Crippen LogP contribution in [0.1, 0.15) is 125 Å². The lowest BCUT2D eigenvalue weighted by Crippen LogP contribution is -2.60. The molecule has 0 bridgehead atoms. The van der Waals surface area contributed by atoms with E-state index >= 15 is 0 Å². The van der Waals surface area contributed by atoms with Gasteiger partial charge in [-0.05, 0) is 80.8 Å². The Morgan fingerprint density at radius 1 is 0.857 bits per heavy atom. The van der Waals surface area contributed by atoms with Gasteiger partial charge in [0, 0.05) is 34.9 Å². The lowest BCUT2D eigenvalue weighted by molar-refractivity contribution is -0.148. The molecular weight excluding hydrogens is 803 g/mol. The van der Waals surface area contributed by atoms with Gasteiger partial charge in [-0.15, -0.1) is 0 Å². The molecule has 1 aliphatic heterocycles. The van der Waals surface area contributed by atoms with Crippen LogP contribution in [0, 0.1) is 29.6 Å². The average Bonchev–Trinajstić information content (AvgIpc) is 3.74. The molecule has 12 atom stereocenters. The number of benzene rings is 1. The lowest BCUT2D eigenvalue weighted by atomic mass is 9.89. The van der Waals surface area contributed by atoms with Gasteiger partial charge in [0.1, 0.15) is 18.2 Å². The predicted octanol–water partition coefficient (Wildman–Crippen LogP) is 6.51. The molecule has 1 aromatic rings. The van der Waals surface area contributed by atoms with Gasteiger partial charge < -0.3 is 39.8 Å². The van der Waals surface area contributed by atoms with Crippen LogP contribution in [0.2, 0.25) is 0 Å². The molecule has 0 saturated carbocycles. The minimum absolute atomic E-state index is 0.0208. The summed E-state index contributed by atoms with van der Waals surface area (Å²) in [6, 6.07) is 5.86. The molecule has 3 rings (SSSR count). The van der Waals surface area contributed by atoms with E-state index in [1.165, 1.54) is 4.90 Å². The number of amides is 5. The fourth-order valence-electron chi connectivity index (χ4n) is 9.32. The summed E-state index contributed by atoms with van der Waals surface area (Å²) in [7, 11) is 6.34. The zero-order chi connectivity index (χ0) is 47.1. The highest BCUT2D eigenvalue weighted by Gasteiger charge is 2.44. The normalized spacial score (nSPS) is 22.9. The van der Waals surface area contributed by atoms with Gasteiger partial charge in [0.05, 0.1) is 48.8 Å². The quantitative estimate of drug-likeness (QED) is 0.117. The van der Waals surface area contributed by atoms with E-state index in [1.54, 1.807) is 52.0 Å². The molecule has 14 nitrogen and oxygen atoms in total. The van der Waals surface area contributed by atoms with Gasteiger partial charge in [-0.3, -0.25) is 24.1 Å². The molecule has 0 spiro atoms. The highest BCUT2D eigenvalue weighted by atomic mass is 16.6. The molecule has 0 radical (unpaired) electrons. The number of carbonyl (C=O) groups is 5. The molecule has 1 fully saturated rings. The van der Waals surface area contributed by atoms with Crippen molar-refractivity contribution in [3.8, 4) is 0 Å². The van der Waals surface area contributed by atoms with Crippen molar-refractivity contribution < 1.29 is 43.3 Å². The van der Waals surface area contributed by atoms with E-state index in [4.69, 9.17) is 14.2 Å². The van der Waals surface area contributed by atoms with Crippen LogP contribution in [-0.4, -0.2) is 133 Å². The summed E-state index contributed by atoms with van der Waals surface area (Å²) in [6.45, 7) is 17.7. The van der Waals surface area contributed by atoms with Crippen molar-refractivity contribution in [3.63, 3.8) is 0 Å². The van der Waals surface area contributed by atoms with Crippen LogP contribution in [0.5, 0.6) is 0 Å². The van der Waals surface area contributed by atoms with Crippen LogP contribution in [0.4, 0.5) is 4.79 Å². The van der Waals surface area contributed by atoms with Gasteiger partial charge in [0.2, 0.25) is 23.6 Å². The summed E-state index contributed by atoms with van der Waals surface area (Å²) in [5.41, 5.74) is 0.698. The molecule has 5 amide bonds. The van der Waals surface area contributed by atoms with Crippen LogP contribution < -0.4 is 10.6 Å². The largest absolute Gasteiger partial charge is 0.442 e. The van der Waals surface area contributed by atoms with E-state index in [1.807, 2.05) is 78.0 Å². The second-order valence-electron chi connectivity index (χ2n) is 18.9. The van der Waals surface area contributed by atoms with Crippen LogP contribution in [0.25, 0.3) is 0 Å². The van der Waals surface area contributed by atoms with E-state index in [-0.39, 0.29) is 54.0 Å². The lowest BCUT2D eigenvalue weighted by Gasteiger charge is -2.41. The number of aliphatic hydroxyl groups excluding tert-OH is 1. The van der Waals surface area contributed by atoms with Crippen molar-refractivity contribution in [2.75, 3.05) is 34.9 Å². The summed E-state index contributed by atoms with van der Waals surface area (Å²) in [5, 5.41) is 16.8. The Labute approximate surface area is 378 Å². The number of carbonyl (C=O) groups excluding carboxylic acids is 5. The Bertz CT molecular complexity index is 1640. The molecular formula is C49H81N5O9. The topological polar surface area (TPSA) is 167 Å². The van der Waals surface area contributed by atoms with E-state index < -0.39 is 60.4 Å². The minimum Gasteiger partial charge on any atom is -0.442 e. The first-order valence-corrected chi connectivity index (χ1v) is 23.3. The summed E-state index contributed by atoms with van der Waals surface area (Å²) >= 11 is 0. The second kappa shape index (κ2) is 25.5. The zero-order valence-electron chi connectivity index (χ0n) is 40.5. The maximum atomic E-state index is 14.6. The maximum Gasteiger partial charge on any atom is 0.410 e. The van der Waals surface area contributed by atoms with Gasteiger partial charge >= 0.3 is 6.09 Å². The number of likely N-dealkylation sites (tertiary alicyclic amines) is 1. The minimum atomic E-state index is -0.933. The summed E-state index contributed by atoms with van der Waals surface area (Å²) in [5.74, 6) is -2.03. The van der Waals surface area contributed by atoms with Crippen LogP contribution in [-0.2, 0) is 33.4 Å². The van der Waals surface area contributed by atoms with Crippen LogP contribution in [0.3, 0.4) is 0 Å². The predicted molar refractivity (Wildman–Crippen MR) is 245 cm³/mol. The van der Waals surface area contributed by atoms with Crippen LogP contribution in [0.15, 0.2) is 42.5 Å². The molecule has 1 aliphatic carbocycles. The number of hydrogen-bond acceptors (Lipinski definition) is 9. The van der Waals surface area contributed by atoms with E-state index in [2.05, 4.69) is 23.6 Å². The number of ether oxygens (including phenoxy) is 3. The number of nitrogens with zero attached hydrogens (tertiary/aromatic N) is 3. The van der Waals surface area contributed by atoms with Crippen molar-refractivity contribution >= 4 is 29.7 Å². The zero-order valence-corrected chi connectivity index (χ0v) is 40.5. The van der Waals surface area contributed by atoms with Gasteiger partial charge in [0.15, 0.2) is 0 Å². The molecule has 3 N–H and O–H groups in total. The number of methoxy groups -OCH3 is 2. The van der Waals surface area contributed by atoms with Crippen molar-refractivity contribution in [1.29, 1.82) is 0 Å². The Kier molecular flexibility index (Phi) is 21.6. The molecule has 1 aromatic carbocycles. The number of likely N-dealkylation sites (N-methyl/N-ethyl adjacent to an activating group) is 2. The monoisotopic (exact) mass is 884 g/mol.